The molecule has 0 aromatic heterocycles. The Morgan fingerprint density at radius 2 is 1.80 bits per heavy atom. The van der Waals surface area contributed by atoms with Crippen LogP contribution in [0.4, 0.5) is 5.69 Å². The number of carboxylic acids is 1. The van der Waals surface area contributed by atoms with Crippen LogP contribution in [0.1, 0.15) is 41.3 Å². The fourth-order valence-corrected chi connectivity index (χ4v) is 2.31. The highest BCUT2D eigenvalue weighted by Gasteiger charge is 2.14. The van der Waals surface area contributed by atoms with Gasteiger partial charge in [-0.1, -0.05) is 26.0 Å². The van der Waals surface area contributed by atoms with Gasteiger partial charge >= 0.3 is 5.97 Å². The van der Waals surface area contributed by atoms with Gasteiger partial charge in [0, 0.05) is 5.69 Å². The van der Waals surface area contributed by atoms with Crippen LogP contribution < -0.4 is 10.1 Å². The average molecular weight is 343 g/mol. The van der Waals surface area contributed by atoms with E-state index >= 15 is 0 Å². The Bertz CT molecular complexity index is 781. The molecule has 2 aromatic rings. The summed E-state index contributed by atoms with van der Waals surface area (Å²) < 4.78 is 5.43. The number of carbonyl (C=O) groups is 2. The first-order chi connectivity index (χ1) is 11.8. The van der Waals surface area contributed by atoms with Crippen LogP contribution >= 0.6 is 0 Å². The first-order valence-corrected chi connectivity index (χ1v) is 7.87. The van der Waals surface area contributed by atoms with Crippen molar-refractivity contribution in [3.63, 3.8) is 0 Å². The van der Waals surface area contributed by atoms with Crippen LogP contribution in [-0.4, -0.2) is 28.7 Å². The minimum absolute atomic E-state index is 0.205. The van der Waals surface area contributed by atoms with Crippen LogP contribution in [0.15, 0.2) is 36.4 Å². The molecule has 0 aliphatic rings. The smallest absolute Gasteiger partial charge is 0.339 e. The number of rotatable bonds is 6. The topological polar surface area (TPSA) is 95.9 Å². The number of aromatic hydroxyl groups is 1. The van der Waals surface area contributed by atoms with Gasteiger partial charge in [0.1, 0.15) is 17.1 Å². The Morgan fingerprint density at radius 3 is 2.36 bits per heavy atom. The Labute approximate surface area is 146 Å². The predicted octanol–water partition coefficient (Wildman–Crippen LogP) is 3.54. The molecule has 0 saturated carbocycles. The number of hydrogen-bond acceptors (Lipinski definition) is 4. The number of anilines is 1. The van der Waals surface area contributed by atoms with Crippen molar-refractivity contribution in [2.75, 3.05) is 11.9 Å². The zero-order chi connectivity index (χ0) is 18.6. The highest BCUT2D eigenvalue weighted by Crippen LogP contribution is 2.26. The molecule has 0 radical (unpaired) electrons. The second-order valence-corrected chi connectivity index (χ2v) is 6.06. The highest BCUT2D eigenvalue weighted by molar-refractivity contribution is 5.96. The molecule has 6 heteroatoms. The Balaban J connectivity index is 1.99. The lowest BCUT2D eigenvalue weighted by Crippen LogP contribution is -2.20. The maximum Gasteiger partial charge on any atom is 0.339 e. The van der Waals surface area contributed by atoms with E-state index in [1.54, 1.807) is 19.1 Å². The van der Waals surface area contributed by atoms with E-state index in [4.69, 9.17) is 9.84 Å². The van der Waals surface area contributed by atoms with E-state index in [1.165, 1.54) is 17.7 Å². The molecular formula is C19H21NO5. The summed E-state index contributed by atoms with van der Waals surface area (Å²) in [4.78, 5) is 23.1. The molecule has 0 saturated heterocycles. The van der Waals surface area contributed by atoms with E-state index in [-0.39, 0.29) is 23.6 Å². The minimum atomic E-state index is -1.27. The lowest BCUT2D eigenvalue weighted by molar-refractivity contribution is -0.118. The molecule has 0 fully saturated rings. The summed E-state index contributed by atoms with van der Waals surface area (Å²) in [6.45, 7) is 5.54. The summed E-state index contributed by atoms with van der Waals surface area (Å²) >= 11 is 0. The van der Waals surface area contributed by atoms with E-state index < -0.39 is 11.9 Å². The predicted molar refractivity (Wildman–Crippen MR) is 94.5 cm³/mol. The third kappa shape index (κ3) is 4.73. The molecule has 6 nitrogen and oxygen atoms in total. The van der Waals surface area contributed by atoms with Gasteiger partial charge in [0.25, 0.3) is 5.91 Å². The van der Waals surface area contributed by atoms with E-state index in [1.807, 2.05) is 12.1 Å². The van der Waals surface area contributed by atoms with Gasteiger partial charge in [-0.2, -0.15) is 0 Å². The molecule has 2 aromatic carbocycles. The molecule has 0 aliphatic heterocycles. The zero-order valence-electron chi connectivity index (χ0n) is 14.4. The van der Waals surface area contributed by atoms with Crippen molar-refractivity contribution in [2.24, 2.45) is 0 Å². The van der Waals surface area contributed by atoms with E-state index in [0.29, 0.717) is 17.2 Å². The molecule has 0 spiro atoms. The number of amides is 1. The maximum atomic E-state index is 12.0. The number of benzene rings is 2. The van der Waals surface area contributed by atoms with Crippen LogP contribution in [-0.2, 0) is 4.79 Å². The van der Waals surface area contributed by atoms with Gasteiger partial charge in [-0.25, -0.2) is 4.79 Å². The molecule has 132 valence electrons. The van der Waals surface area contributed by atoms with Crippen LogP contribution in [0.3, 0.4) is 0 Å². The molecule has 0 atom stereocenters. The zero-order valence-corrected chi connectivity index (χ0v) is 14.4. The van der Waals surface area contributed by atoms with Crippen molar-refractivity contribution in [2.45, 2.75) is 26.7 Å². The van der Waals surface area contributed by atoms with Crippen LogP contribution in [0.2, 0.25) is 0 Å². The first-order valence-electron chi connectivity index (χ1n) is 7.87. The molecule has 2 rings (SSSR count). The fourth-order valence-electron chi connectivity index (χ4n) is 2.31. The van der Waals surface area contributed by atoms with Gasteiger partial charge in [0.2, 0.25) is 0 Å². The van der Waals surface area contributed by atoms with E-state index in [2.05, 4.69) is 19.2 Å². The van der Waals surface area contributed by atoms with Crippen molar-refractivity contribution in [3.8, 4) is 11.5 Å². The van der Waals surface area contributed by atoms with Crippen molar-refractivity contribution >= 4 is 17.6 Å². The third-order valence-corrected chi connectivity index (χ3v) is 3.73. The summed E-state index contributed by atoms with van der Waals surface area (Å²) in [5.74, 6) is -1.01. The van der Waals surface area contributed by atoms with Gasteiger partial charge in [-0.05, 0) is 48.2 Å². The molecular weight excluding hydrogens is 322 g/mol. The summed E-state index contributed by atoms with van der Waals surface area (Å²) in [5.41, 5.74) is 1.56. The number of hydrogen-bond donors (Lipinski definition) is 3. The minimum Gasteiger partial charge on any atom is -0.507 e. The van der Waals surface area contributed by atoms with Crippen molar-refractivity contribution in [1.82, 2.24) is 0 Å². The number of aryl methyl sites for hydroxylation is 1. The van der Waals surface area contributed by atoms with Gasteiger partial charge in [-0.15, -0.1) is 0 Å². The van der Waals surface area contributed by atoms with Crippen LogP contribution in [0.25, 0.3) is 0 Å². The van der Waals surface area contributed by atoms with Crippen molar-refractivity contribution in [1.29, 1.82) is 0 Å². The monoisotopic (exact) mass is 343 g/mol. The second-order valence-electron chi connectivity index (χ2n) is 6.06. The standard InChI is InChI=1S/C19H21NO5/c1-11(2)13-4-6-15(7-5-13)25-10-17(21)20-14-8-12(3)18(22)16(9-14)19(23)24/h4-9,11,22H,10H2,1-3H3,(H,20,21)(H,23,24). The summed E-state index contributed by atoms with van der Waals surface area (Å²) in [6.07, 6.45) is 0. The number of phenols is 1. The highest BCUT2D eigenvalue weighted by atomic mass is 16.5. The molecule has 0 heterocycles. The summed E-state index contributed by atoms with van der Waals surface area (Å²) in [6, 6.07) is 10.2. The van der Waals surface area contributed by atoms with Gasteiger partial charge < -0.3 is 20.3 Å². The average Bonchev–Trinajstić information content (AvgIpc) is 2.56. The Hall–Kier alpha value is -3.02. The second kappa shape index (κ2) is 7.70. The van der Waals surface area contributed by atoms with Gasteiger partial charge in [0.15, 0.2) is 6.61 Å². The first kappa shape index (κ1) is 18.3. The Kier molecular flexibility index (Phi) is 5.64. The largest absolute Gasteiger partial charge is 0.507 e. The molecule has 0 bridgehead atoms. The molecule has 3 N–H and O–H groups in total. The fraction of sp³-hybridized carbons (Fsp3) is 0.263. The number of ether oxygens (including phenoxy) is 1. The van der Waals surface area contributed by atoms with Gasteiger partial charge in [-0.3, -0.25) is 4.79 Å². The number of carbonyl (C=O) groups excluding carboxylic acids is 1. The summed E-state index contributed by atoms with van der Waals surface area (Å²) in [7, 11) is 0. The van der Waals surface area contributed by atoms with Crippen molar-refractivity contribution < 1.29 is 24.5 Å². The molecule has 25 heavy (non-hydrogen) atoms. The quantitative estimate of drug-likeness (QED) is 0.697. The van der Waals surface area contributed by atoms with Crippen LogP contribution in [0.5, 0.6) is 11.5 Å². The van der Waals surface area contributed by atoms with E-state index in [9.17, 15) is 14.7 Å². The summed E-state index contributed by atoms with van der Waals surface area (Å²) in [5, 5.41) is 21.4. The van der Waals surface area contributed by atoms with Crippen molar-refractivity contribution in [3.05, 3.63) is 53.1 Å². The van der Waals surface area contributed by atoms with E-state index in [0.717, 1.165) is 0 Å². The SMILES string of the molecule is Cc1cc(NC(=O)COc2ccc(C(C)C)cc2)cc(C(=O)O)c1O. The van der Waals surface area contributed by atoms with Gasteiger partial charge in [0.05, 0.1) is 0 Å². The number of carboxylic acid groups (broad SMARTS) is 1. The lowest BCUT2D eigenvalue weighted by atomic mass is 10.0. The number of aromatic carboxylic acids is 1. The lowest BCUT2D eigenvalue weighted by Gasteiger charge is -2.11. The van der Waals surface area contributed by atoms with Crippen LogP contribution in [0, 0.1) is 6.92 Å². The molecule has 1 amide bonds. The molecule has 0 aliphatic carbocycles. The third-order valence-electron chi connectivity index (χ3n) is 3.73. The molecule has 0 unspecified atom stereocenters. The Morgan fingerprint density at radius 1 is 1.16 bits per heavy atom. The normalized spacial score (nSPS) is 10.6. The number of nitrogens with one attached hydrogen (secondary N) is 1. The maximum absolute atomic E-state index is 12.0.